The first-order valence-electron chi connectivity index (χ1n) is 4.73. The normalized spacial score (nSPS) is 23.5. The highest BCUT2D eigenvalue weighted by molar-refractivity contribution is 7.89. The summed E-state index contributed by atoms with van der Waals surface area (Å²) in [6, 6.07) is -0.932. The second-order valence-corrected chi connectivity index (χ2v) is 5.62. The number of nitrogens with zero attached hydrogens (tertiary/aromatic N) is 1. The van der Waals surface area contributed by atoms with Crippen molar-refractivity contribution in [2.24, 2.45) is 11.1 Å². The van der Waals surface area contributed by atoms with Crippen LogP contribution < -0.4 is 5.14 Å². The number of aliphatic carboxylic acids is 1. The molecule has 0 bridgehead atoms. The number of nitrogens with two attached hydrogens (primary N) is 1. The fourth-order valence-electron chi connectivity index (χ4n) is 1.76. The van der Waals surface area contributed by atoms with Crippen molar-refractivity contribution in [2.75, 3.05) is 12.3 Å². The summed E-state index contributed by atoms with van der Waals surface area (Å²) in [4.78, 5) is 23.3. The minimum absolute atomic E-state index is 0.0358. The fourth-order valence-corrected chi connectivity index (χ4v) is 2.64. The third kappa shape index (κ3) is 3.17. The molecule has 1 fully saturated rings. The summed E-state index contributed by atoms with van der Waals surface area (Å²) in [5.41, 5.74) is 0. The monoisotopic (exact) mass is 250 g/mol. The van der Waals surface area contributed by atoms with E-state index in [4.69, 9.17) is 10.2 Å². The fraction of sp³-hybridized carbons (Fsp3) is 0.750. The lowest BCUT2D eigenvalue weighted by atomic mass is 10.1. The predicted molar refractivity (Wildman–Crippen MR) is 54.9 cm³/mol. The highest BCUT2D eigenvalue weighted by atomic mass is 32.2. The zero-order chi connectivity index (χ0) is 12.5. The van der Waals surface area contributed by atoms with E-state index in [0.29, 0.717) is 0 Å². The van der Waals surface area contributed by atoms with E-state index in [-0.39, 0.29) is 24.6 Å². The van der Waals surface area contributed by atoms with Crippen molar-refractivity contribution in [3.05, 3.63) is 0 Å². The van der Waals surface area contributed by atoms with Gasteiger partial charge in [0, 0.05) is 18.9 Å². The molecule has 0 aromatic carbocycles. The first-order valence-corrected chi connectivity index (χ1v) is 6.45. The zero-order valence-electron chi connectivity index (χ0n) is 8.79. The summed E-state index contributed by atoms with van der Waals surface area (Å²) in [6.45, 7) is 1.52. The maximum atomic E-state index is 11.4. The van der Waals surface area contributed by atoms with Crippen LogP contribution in [0, 0.1) is 5.92 Å². The van der Waals surface area contributed by atoms with Gasteiger partial charge in [0.2, 0.25) is 15.9 Å². The van der Waals surface area contributed by atoms with E-state index in [2.05, 4.69) is 0 Å². The maximum Gasteiger partial charge on any atom is 0.326 e. The summed E-state index contributed by atoms with van der Waals surface area (Å²) < 4.78 is 21.7. The molecule has 0 radical (unpaired) electrons. The van der Waals surface area contributed by atoms with Crippen molar-refractivity contribution in [3.63, 3.8) is 0 Å². The molecule has 92 valence electrons. The van der Waals surface area contributed by atoms with E-state index in [1.54, 1.807) is 0 Å². The molecule has 2 atom stereocenters. The molecule has 0 aromatic heterocycles. The van der Waals surface area contributed by atoms with Crippen LogP contribution in [0.3, 0.4) is 0 Å². The molecule has 0 saturated carbocycles. The molecule has 1 aliphatic rings. The molecule has 0 aromatic rings. The Hall–Kier alpha value is -1.15. The number of sulfonamides is 1. The average molecular weight is 250 g/mol. The summed E-state index contributed by atoms with van der Waals surface area (Å²) in [5, 5.41) is 13.6. The van der Waals surface area contributed by atoms with Crippen LogP contribution in [-0.4, -0.2) is 48.6 Å². The molecule has 0 aliphatic carbocycles. The molecule has 8 heteroatoms. The van der Waals surface area contributed by atoms with Gasteiger partial charge >= 0.3 is 5.97 Å². The Morgan fingerprint density at radius 1 is 1.69 bits per heavy atom. The standard InChI is InChI=1S/C8H14N2O5S/c1-5(8(12)13)10-3-6(2-7(10)11)4-16(9,14)15/h5-6H,2-4H2,1H3,(H,12,13)(H2,9,14,15)/t5-,6?/m0/s1. The molecule has 0 spiro atoms. The third-order valence-corrected chi connectivity index (χ3v) is 3.47. The van der Waals surface area contributed by atoms with Crippen molar-refractivity contribution in [2.45, 2.75) is 19.4 Å². The molecular formula is C8H14N2O5S. The SMILES string of the molecule is C[C@@H](C(=O)O)N1CC(CS(N)(=O)=O)CC1=O. The maximum absolute atomic E-state index is 11.4. The van der Waals surface area contributed by atoms with Gasteiger partial charge in [-0.3, -0.25) is 4.79 Å². The molecule has 7 nitrogen and oxygen atoms in total. The van der Waals surface area contributed by atoms with Gasteiger partial charge in [0.1, 0.15) is 6.04 Å². The van der Waals surface area contributed by atoms with Crippen LogP contribution in [0.4, 0.5) is 0 Å². The van der Waals surface area contributed by atoms with Crippen molar-refractivity contribution < 1.29 is 23.1 Å². The molecule has 1 saturated heterocycles. The van der Waals surface area contributed by atoms with Crippen molar-refractivity contribution >= 4 is 21.9 Å². The van der Waals surface area contributed by atoms with E-state index in [1.807, 2.05) is 0 Å². The van der Waals surface area contributed by atoms with Gasteiger partial charge in [-0.15, -0.1) is 0 Å². The number of hydrogen-bond donors (Lipinski definition) is 2. The summed E-state index contributed by atoms with van der Waals surface area (Å²) >= 11 is 0. The summed E-state index contributed by atoms with van der Waals surface area (Å²) in [6.07, 6.45) is 0.0358. The van der Waals surface area contributed by atoms with Crippen LogP contribution in [0.25, 0.3) is 0 Å². The van der Waals surface area contributed by atoms with Gasteiger partial charge in [0.05, 0.1) is 5.75 Å². The first kappa shape index (κ1) is 12.9. The number of amides is 1. The minimum Gasteiger partial charge on any atom is -0.480 e. The number of carbonyl (C=O) groups excluding carboxylic acids is 1. The number of carbonyl (C=O) groups is 2. The van der Waals surface area contributed by atoms with Crippen LogP contribution in [0.15, 0.2) is 0 Å². The first-order chi connectivity index (χ1) is 7.20. The Morgan fingerprint density at radius 2 is 2.25 bits per heavy atom. The molecule has 16 heavy (non-hydrogen) atoms. The summed E-state index contributed by atoms with van der Waals surface area (Å²) in [5.74, 6) is -2.15. The van der Waals surface area contributed by atoms with Crippen molar-refractivity contribution in [1.29, 1.82) is 0 Å². The zero-order valence-corrected chi connectivity index (χ0v) is 9.61. The van der Waals surface area contributed by atoms with Crippen molar-refractivity contribution in [1.82, 2.24) is 4.90 Å². The number of rotatable bonds is 4. The average Bonchev–Trinajstić information content (AvgIpc) is 2.41. The molecule has 1 aliphatic heterocycles. The quantitative estimate of drug-likeness (QED) is 0.636. The van der Waals surface area contributed by atoms with Gasteiger partial charge in [-0.25, -0.2) is 18.4 Å². The predicted octanol–water partition coefficient (Wildman–Crippen LogP) is -1.40. The molecular weight excluding hydrogens is 236 g/mol. The second-order valence-electron chi connectivity index (χ2n) is 3.96. The van der Waals surface area contributed by atoms with E-state index < -0.39 is 28.0 Å². The molecule has 1 unspecified atom stereocenters. The Balaban J connectivity index is 2.68. The molecule has 1 amide bonds. The van der Waals surface area contributed by atoms with Crippen LogP contribution in [-0.2, 0) is 19.6 Å². The van der Waals surface area contributed by atoms with Gasteiger partial charge in [0.15, 0.2) is 0 Å². The van der Waals surface area contributed by atoms with Gasteiger partial charge in [0.25, 0.3) is 0 Å². The Labute approximate surface area is 93.3 Å². The lowest BCUT2D eigenvalue weighted by molar-refractivity contribution is -0.147. The minimum atomic E-state index is -3.63. The van der Waals surface area contributed by atoms with E-state index in [9.17, 15) is 18.0 Å². The highest BCUT2D eigenvalue weighted by Gasteiger charge is 2.36. The van der Waals surface area contributed by atoms with Crippen LogP contribution >= 0.6 is 0 Å². The van der Waals surface area contributed by atoms with Crippen molar-refractivity contribution in [3.8, 4) is 0 Å². The number of hydrogen-bond acceptors (Lipinski definition) is 4. The lowest BCUT2D eigenvalue weighted by Crippen LogP contribution is -2.40. The Bertz CT molecular complexity index is 405. The molecule has 1 rings (SSSR count). The van der Waals surface area contributed by atoms with Gasteiger partial charge in [-0.2, -0.15) is 0 Å². The van der Waals surface area contributed by atoms with Crippen LogP contribution in [0.5, 0.6) is 0 Å². The number of carboxylic acid groups (broad SMARTS) is 1. The third-order valence-electron chi connectivity index (χ3n) is 2.53. The second kappa shape index (κ2) is 4.38. The topological polar surface area (TPSA) is 118 Å². The van der Waals surface area contributed by atoms with E-state index in [0.717, 1.165) is 4.90 Å². The lowest BCUT2D eigenvalue weighted by Gasteiger charge is -2.20. The van der Waals surface area contributed by atoms with Gasteiger partial charge < -0.3 is 10.0 Å². The van der Waals surface area contributed by atoms with Crippen LogP contribution in [0.1, 0.15) is 13.3 Å². The van der Waals surface area contributed by atoms with E-state index >= 15 is 0 Å². The molecule has 3 N–H and O–H groups in total. The Morgan fingerprint density at radius 3 is 2.69 bits per heavy atom. The number of primary sulfonamides is 1. The highest BCUT2D eigenvalue weighted by Crippen LogP contribution is 2.21. The largest absolute Gasteiger partial charge is 0.480 e. The molecule has 1 heterocycles. The van der Waals surface area contributed by atoms with Gasteiger partial charge in [-0.05, 0) is 6.92 Å². The Kier molecular flexibility index (Phi) is 3.54. The number of carboxylic acids is 1. The number of likely N-dealkylation sites (tertiary alicyclic amines) is 1. The smallest absolute Gasteiger partial charge is 0.326 e. The summed E-state index contributed by atoms with van der Waals surface area (Å²) in [7, 11) is -3.63. The van der Waals surface area contributed by atoms with E-state index in [1.165, 1.54) is 6.92 Å². The van der Waals surface area contributed by atoms with Gasteiger partial charge in [-0.1, -0.05) is 0 Å². The van der Waals surface area contributed by atoms with Crippen LogP contribution in [0.2, 0.25) is 0 Å².